The van der Waals surface area contributed by atoms with Crippen LogP contribution in [0.15, 0.2) is 41.3 Å². The number of unbranched alkanes of at least 4 members (excludes halogenated alkanes) is 1. The third-order valence-electron chi connectivity index (χ3n) is 5.32. The summed E-state index contributed by atoms with van der Waals surface area (Å²) in [6.45, 7) is 5.94. The van der Waals surface area contributed by atoms with Gasteiger partial charge in [0.1, 0.15) is 0 Å². The number of rotatable bonds is 14. The third-order valence-corrected chi connectivity index (χ3v) is 8.13. The van der Waals surface area contributed by atoms with Gasteiger partial charge in [-0.1, -0.05) is 29.3 Å². The Bertz CT molecular complexity index is 1000. The lowest BCUT2D eigenvalue weighted by molar-refractivity contribution is 0.345. The zero-order valence-electron chi connectivity index (χ0n) is 19.7. The molecule has 0 saturated carbocycles. The number of sulfonamides is 1. The van der Waals surface area contributed by atoms with E-state index >= 15 is 0 Å². The fourth-order valence-electron chi connectivity index (χ4n) is 3.52. The summed E-state index contributed by atoms with van der Waals surface area (Å²) >= 11 is 12.0. The first kappa shape index (κ1) is 27.7. The number of halogens is 2. The maximum absolute atomic E-state index is 13.1. The lowest BCUT2D eigenvalue weighted by Gasteiger charge is -2.26. The highest BCUT2D eigenvalue weighted by Crippen LogP contribution is 2.28. The maximum Gasteiger partial charge on any atom is 0.243 e. The maximum atomic E-state index is 13.1. The van der Waals surface area contributed by atoms with Crippen molar-refractivity contribution in [1.29, 1.82) is 0 Å². The topological polar surface area (TPSA) is 67.9 Å². The van der Waals surface area contributed by atoms with Gasteiger partial charge < -0.3 is 14.8 Å². The Morgan fingerprint density at radius 1 is 0.909 bits per heavy atom. The van der Waals surface area contributed by atoms with Crippen molar-refractivity contribution in [2.45, 2.75) is 50.5 Å². The molecule has 0 saturated heterocycles. The van der Waals surface area contributed by atoms with E-state index in [-0.39, 0.29) is 16.0 Å². The average molecular weight is 518 g/mol. The van der Waals surface area contributed by atoms with Crippen molar-refractivity contribution in [1.82, 2.24) is 9.62 Å². The molecular formula is C24H34Cl2N2O4S. The minimum atomic E-state index is -3.63. The number of nitrogens with one attached hydrogen (secondary N) is 1. The fourth-order valence-corrected chi connectivity index (χ4v) is 5.59. The molecule has 0 aliphatic carbocycles. The molecule has 2 rings (SSSR count). The lowest BCUT2D eigenvalue weighted by atomic mass is 10.1. The molecule has 1 N–H and O–H groups in total. The first-order valence-electron chi connectivity index (χ1n) is 11.1. The molecule has 0 amide bonds. The van der Waals surface area contributed by atoms with Gasteiger partial charge in [0.25, 0.3) is 0 Å². The molecule has 33 heavy (non-hydrogen) atoms. The third kappa shape index (κ3) is 8.04. The Labute approximate surface area is 208 Å². The first-order valence-corrected chi connectivity index (χ1v) is 13.3. The minimum Gasteiger partial charge on any atom is -0.493 e. The van der Waals surface area contributed by atoms with Crippen LogP contribution in [0, 0.1) is 0 Å². The second-order valence-electron chi connectivity index (χ2n) is 8.04. The Morgan fingerprint density at radius 2 is 1.61 bits per heavy atom. The van der Waals surface area contributed by atoms with Crippen LogP contribution in [0.2, 0.25) is 10.0 Å². The van der Waals surface area contributed by atoms with E-state index in [1.54, 1.807) is 14.2 Å². The predicted octanol–water partition coefficient (Wildman–Crippen LogP) is 5.41. The number of hydrogen-bond donors (Lipinski definition) is 1. The molecular weight excluding hydrogens is 483 g/mol. The van der Waals surface area contributed by atoms with Gasteiger partial charge in [0.2, 0.25) is 10.0 Å². The zero-order chi connectivity index (χ0) is 24.4. The second-order valence-corrected chi connectivity index (χ2v) is 10.7. The van der Waals surface area contributed by atoms with Crippen LogP contribution >= 0.6 is 23.2 Å². The van der Waals surface area contributed by atoms with Crippen molar-refractivity contribution >= 4 is 33.2 Å². The molecule has 2 aromatic rings. The van der Waals surface area contributed by atoms with Crippen molar-refractivity contribution in [3.8, 4) is 11.5 Å². The van der Waals surface area contributed by atoms with E-state index in [2.05, 4.69) is 11.4 Å². The Kier molecular flexibility index (Phi) is 11.3. The predicted molar refractivity (Wildman–Crippen MR) is 135 cm³/mol. The summed E-state index contributed by atoms with van der Waals surface area (Å²) in [5.74, 6) is 1.48. The highest BCUT2D eigenvalue weighted by Gasteiger charge is 2.27. The molecule has 0 spiro atoms. The van der Waals surface area contributed by atoms with E-state index in [1.807, 2.05) is 26.0 Å². The molecule has 0 heterocycles. The monoisotopic (exact) mass is 516 g/mol. The molecule has 2 aromatic carbocycles. The van der Waals surface area contributed by atoms with E-state index in [4.69, 9.17) is 32.7 Å². The van der Waals surface area contributed by atoms with Gasteiger partial charge in [-0.3, -0.25) is 0 Å². The van der Waals surface area contributed by atoms with Crippen molar-refractivity contribution < 1.29 is 17.9 Å². The van der Waals surface area contributed by atoms with Crippen molar-refractivity contribution in [2.75, 3.05) is 33.9 Å². The van der Waals surface area contributed by atoms with Gasteiger partial charge in [-0.2, -0.15) is 4.31 Å². The standard InChI is InChI=1S/C24H34Cl2N2O4S/c1-18(2)28(33(29,30)20-10-11-21(25)22(26)17-20)15-6-5-13-27-14-7-8-19-9-12-23(31-3)24(16-19)32-4/h9-12,16-18,27H,5-8,13-15H2,1-4H3. The molecule has 184 valence electrons. The van der Waals surface area contributed by atoms with Gasteiger partial charge in [0.05, 0.1) is 29.2 Å². The van der Waals surface area contributed by atoms with Crippen LogP contribution in [0.25, 0.3) is 0 Å². The van der Waals surface area contributed by atoms with Gasteiger partial charge >= 0.3 is 0 Å². The molecule has 0 aliphatic heterocycles. The largest absolute Gasteiger partial charge is 0.493 e. The number of hydrogen-bond acceptors (Lipinski definition) is 5. The quantitative estimate of drug-likeness (QED) is 0.340. The summed E-state index contributed by atoms with van der Waals surface area (Å²) in [6, 6.07) is 10.3. The van der Waals surface area contributed by atoms with Crippen LogP contribution in [0.3, 0.4) is 0 Å². The van der Waals surface area contributed by atoms with Crippen LogP contribution in [-0.2, 0) is 16.4 Å². The summed E-state index contributed by atoms with van der Waals surface area (Å²) in [6.07, 6.45) is 3.59. The number of benzene rings is 2. The van der Waals surface area contributed by atoms with Gasteiger partial charge in [-0.05, 0) is 88.5 Å². The zero-order valence-corrected chi connectivity index (χ0v) is 22.1. The Morgan fingerprint density at radius 3 is 2.24 bits per heavy atom. The smallest absolute Gasteiger partial charge is 0.243 e. The van der Waals surface area contributed by atoms with Crippen LogP contribution in [0.5, 0.6) is 11.5 Å². The molecule has 0 aliphatic rings. The average Bonchev–Trinajstić information content (AvgIpc) is 2.79. The molecule has 0 fully saturated rings. The van der Waals surface area contributed by atoms with E-state index in [1.165, 1.54) is 28.1 Å². The summed E-state index contributed by atoms with van der Waals surface area (Å²) in [5.41, 5.74) is 1.20. The summed E-state index contributed by atoms with van der Waals surface area (Å²) in [4.78, 5) is 0.166. The van der Waals surface area contributed by atoms with Crippen LogP contribution in [0.1, 0.15) is 38.7 Å². The Balaban J connectivity index is 1.74. The molecule has 0 unspecified atom stereocenters. The van der Waals surface area contributed by atoms with Gasteiger partial charge in [0.15, 0.2) is 11.5 Å². The highest BCUT2D eigenvalue weighted by atomic mass is 35.5. The molecule has 9 heteroatoms. The first-order chi connectivity index (χ1) is 15.7. The van der Waals surface area contributed by atoms with Crippen molar-refractivity contribution in [2.24, 2.45) is 0 Å². The van der Waals surface area contributed by atoms with E-state index < -0.39 is 10.0 Å². The minimum absolute atomic E-state index is 0.154. The number of nitrogens with zero attached hydrogens (tertiary/aromatic N) is 1. The lowest BCUT2D eigenvalue weighted by Crippen LogP contribution is -2.38. The Hall–Kier alpha value is -1.51. The highest BCUT2D eigenvalue weighted by molar-refractivity contribution is 7.89. The fraction of sp³-hybridized carbons (Fsp3) is 0.500. The van der Waals surface area contributed by atoms with Gasteiger partial charge in [0, 0.05) is 12.6 Å². The molecule has 0 radical (unpaired) electrons. The number of methoxy groups -OCH3 is 2. The van der Waals surface area contributed by atoms with Crippen LogP contribution in [-0.4, -0.2) is 52.6 Å². The molecule has 6 nitrogen and oxygen atoms in total. The normalized spacial score (nSPS) is 11.9. The van der Waals surface area contributed by atoms with E-state index in [0.29, 0.717) is 11.6 Å². The van der Waals surface area contributed by atoms with E-state index in [9.17, 15) is 8.42 Å². The van der Waals surface area contributed by atoms with Crippen molar-refractivity contribution in [3.05, 3.63) is 52.0 Å². The molecule has 0 bridgehead atoms. The SMILES string of the molecule is COc1ccc(CCCNCCCCN(C(C)C)S(=O)(=O)c2ccc(Cl)c(Cl)c2)cc1OC. The molecule has 0 aromatic heterocycles. The number of ether oxygens (including phenoxy) is 2. The second kappa shape index (κ2) is 13.4. The van der Waals surface area contributed by atoms with Gasteiger partial charge in [-0.25, -0.2) is 8.42 Å². The molecule has 0 atom stereocenters. The van der Waals surface area contributed by atoms with Crippen LogP contribution < -0.4 is 14.8 Å². The van der Waals surface area contributed by atoms with E-state index in [0.717, 1.165) is 50.3 Å². The number of aryl methyl sites for hydroxylation is 1. The van der Waals surface area contributed by atoms with Crippen LogP contribution in [0.4, 0.5) is 0 Å². The van der Waals surface area contributed by atoms with Crippen molar-refractivity contribution in [3.63, 3.8) is 0 Å². The summed E-state index contributed by atoms with van der Waals surface area (Å²) in [7, 11) is -0.364. The summed E-state index contributed by atoms with van der Waals surface area (Å²) < 4.78 is 38.2. The summed E-state index contributed by atoms with van der Waals surface area (Å²) in [5, 5.41) is 4.01. The van der Waals surface area contributed by atoms with Gasteiger partial charge in [-0.15, -0.1) is 0 Å².